The molecular formula is C12H17ClN2O3. The number of carbonyl (C=O) groups is 1. The van der Waals surface area contributed by atoms with E-state index in [1.54, 1.807) is 11.8 Å². The van der Waals surface area contributed by atoms with Crippen molar-refractivity contribution in [3.63, 3.8) is 0 Å². The molecule has 0 aliphatic carbocycles. The summed E-state index contributed by atoms with van der Waals surface area (Å²) in [4.78, 5) is 14.1. The Labute approximate surface area is 111 Å². The smallest absolute Gasteiger partial charge is 0.259 e. The van der Waals surface area contributed by atoms with Crippen molar-refractivity contribution in [1.82, 2.24) is 10.1 Å². The first-order valence-electron chi connectivity index (χ1n) is 5.87. The lowest BCUT2D eigenvalue weighted by molar-refractivity contribution is -0.117. The first kappa shape index (κ1) is 13.4. The molecule has 0 radical (unpaired) electrons. The van der Waals surface area contributed by atoms with Crippen molar-refractivity contribution in [3.8, 4) is 0 Å². The average Bonchev–Trinajstić information content (AvgIpc) is 2.72. The minimum absolute atomic E-state index is 0.0831. The van der Waals surface area contributed by atoms with E-state index in [2.05, 4.69) is 5.16 Å². The molecule has 1 fully saturated rings. The predicted molar refractivity (Wildman–Crippen MR) is 66.8 cm³/mol. The lowest BCUT2D eigenvalue weighted by Gasteiger charge is -2.42. The molecule has 5 nitrogen and oxygen atoms in total. The maximum absolute atomic E-state index is 12.4. The lowest BCUT2D eigenvalue weighted by Crippen LogP contribution is -2.55. The third-order valence-electron chi connectivity index (χ3n) is 2.92. The van der Waals surface area contributed by atoms with E-state index in [1.807, 2.05) is 13.8 Å². The molecule has 1 amide bonds. The largest absolute Gasteiger partial charge is 0.367 e. The van der Waals surface area contributed by atoms with Gasteiger partial charge in [0.05, 0.1) is 23.8 Å². The summed E-state index contributed by atoms with van der Waals surface area (Å²) in [6.07, 6.45) is 1.31. The van der Waals surface area contributed by atoms with E-state index in [9.17, 15) is 4.79 Å². The molecule has 1 atom stereocenters. The predicted octanol–water partition coefficient (Wildman–Crippen LogP) is 1.84. The van der Waals surface area contributed by atoms with Crippen LogP contribution in [0.1, 0.15) is 30.0 Å². The molecule has 1 aromatic rings. The van der Waals surface area contributed by atoms with Crippen LogP contribution in [-0.2, 0) is 4.74 Å². The van der Waals surface area contributed by atoms with Crippen molar-refractivity contribution in [2.24, 2.45) is 0 Å². The second-order valence-corrected chi connectivity index (χ2v) is 5.44. The highest BCUT2D eigenvalue weighted by Gasteiger charge is 2.36. The molecule has 0 spiro atoms. The Morgan fingerprint density at radius 3 is 2.94 bits per heavy atom. The van der Waals surface area contributed by atoms with E-state index < -0.39 is 5.60 Å². The van der Waals surface area contributed by atoms with E-state index in [0.717, 1.165) is 0 Å². The van der Waals surface area contributed by atoms with Crippen molar-refractivity contribution in [1.29, 1.82) is 0 Å². The third kappa shape index (κ3) is 2.67. The Balaban J connectivity index is 2.17. The van der Waals surface area contributed by atoms with E-state index in [4.69, 9.17) is 20.9 Å². The van der Waals surface area contributed by atoms with Gasteiger partial charge in [0.15, 0.2) is 0 Å². The number of aromatic nitrogens is 1. The van der Waals surface area contributed by atoms with Crippen LogP contribution in [0.4, 0.5) is 0 Å². The van der Waals surface area contributed by atoms with Crippen molar-refractivity contribution < 1.29 is 14.1 Å². The summed E-state index contributed by atoms with van der Waals surface area (Å²) in [6, 6.07) is 0. The number of hydrogen-bond acceptors (Lipinski definition) is 4. The Morgan fingerprint density at radius 1 is 1.67 bits per heavy atom. The van der Waals surface area contributed by atoms with Gasteiger partial charge in [0.2, 0.25) is 0 Å². The molecule has 6 heteroatoms. The molecule has 0 saturated carbocycles. The summed E-state index contributed by atoms with van der Waals surface area (Å²) < 4.78 is 10.7. The van der Waals surface area contributed by atoms with Crippen LogP contribution in [0.25, 0.3) is 0 Å². The maximum atomic E-state index is 12.4. The van der Waals surface area contributed by atoms with E-state index >= 15 is 0 Å². The Morgan fingerprint density at radius 2 is 2.39 bits per heavy atom. The fraction of sp³-hybridized carbons (Fsp3) is 0.667. The van der Waals surface area contributed by atoms with Crippen molar-refractivity contribution in [3.05, 3.63) is 17.5 Å². The highest BCUT2D eigenvalue weighted by molar-refractivity contribution is 6.18. The second-order valence-electron chi connectivity index (χ2n) is 5.14. The topological polar surface area (TPSA) is 55.6 Å². The number of rotatable bonds is 2. The monoisotopic (exact) mass is 272 g/mol. The lowest BCUT2D eigenvalue weighted by atomic mass is 10.0. The van der Waals surface area contributed by atoms with Crippen LogP contribution >= 0.6 is 11.6 Å². The van der Waals surface area contributed by atoms with Crippen LogP contribution in [-0.4, -0.2) is 46.6 Å². The number of carbonyl (C=O) groups excluding carboxylic acids is 1. The molecule has 1 aliphatic rings. The molecule has 1 aliphatic heterocycles. The van der Waals surface area contributed by atoms with Crippen LogP contribution in [0.3, 0.4) is 0 Å². The zero-order valence-electron chi connectivity index (χ0n) is 10.8. The summed E-state index contributed by atoms with van der Waals surface area (Å²) in [5, 5.41) is 3.63. The number of morpholine rings is 1. The minimum Gasteiger partial charge on any atom is -0.367 e. The average molecular weight is 273 g/mol. The molecule has 2 rings (SSSR count). The van der Waals surface area contributed by atoms with Gasteiger partial charge in [-0.05, 0) is 20.8 Å². The standard InChI is InChI=1S/C12H17ClN2O3/c1-8-10(5-14-18-8)11(16)15-6-9(4-13)17-12(2,3)7-15/h5,9H,4,6-7H2,1-3H3. The van der Waals surface area contributed by atoms with E-state index in [-0.39, 0.29) is 12.0 Å². The molecule has 2 heterocycles. The SMILES string of the molecule is Cc1oncc1C(=O)N1CC(CCl)OC(C)(C)C1. The molecule has 0 bridgehead atoms. The molecular weight excluding hydrogens is 256 g/mol. The number of nitrogens with zero attached hydrogens (tertiary/aromatic N) is 2. The molecule has 18 heavy (non-hydrogen) atoms. The number of ether oxygens (including phenoxy) is 1. The third-order valence-corrected chi connectivity index (χ3v) is 3.27. The Bertz CT molecular complexity index is 444. The van der Waals surface area contributed by atoms with Crippen molar-refractivity contribution >= 4 is 17.5 Å². The summed E-state index contributed by atoms with van der Waals surface area (Å²) in [5.74, 6) is 0.822. The molecule has 1 unspecified atom stereocenters. The fourth-order valence-corrected chi connectivity index (χ4v) is 2.37. The van der Waals surface area contributed by atoms with Gasteiger partial charge >= 0.3 is 0 Å². The van der Waals surface area contributed by atoms with Gasteiger partial charge in [0.1, 0.15) is 11.3 Å². The van der Waals surface area contributed by atoms with Crippen LogP contribution in [0.15, 0.2) is 10.7 Å². The number of amides is 1. The number of halogens is 1. The van der Waals surface area contributed by atoms with Gasteiger partial charge in [-0.15, -0.1) is 11.6 Å². The van der Waals surface area contributed by atoms with Crippen molar-refractivity contribution in [2.45, 2.75) is 32.5 Å². The Hall–Kier alpha value is -1.07. The molecule has 1 aromatic heterocycles. The van der Waals surface area contributed by atoms with Crippen LogP contribution in [0.2, 0.25) is 0 Å². The van der Waals surface area contributed by atoms with Gasteiger partial charge in [-0.25, -0.2) is 0 Å². The van der Waals surface area contributed by atoms with Crippen LogP contribution in [0.5, 0.6) is 0 Å². The van der Waals surface area contributed by atoms with Gasteiger partial charge in [-0.2, -0.15) is 0 Å². The first-order chi connectivity index (χ1) is 8.43. The number of alkyl halides is 1. The normalized spacial score (nSPS) is 23.1. The zero-order valence-corrected chi connectivity index (χ0v) is 11.5. The minimum atomic E-state index is -0.390. The molecule has 0 N–H and O–H groups in total. The highest BCUT2D eigenvalue weighted by Crippen LogP contribution is 2.23. The summed E-state index contributed by atoms with van der Waals surface area (Å²) in [5.41, 5.74) is 0.111. The number of hydrogen-bond donors (Lipinski definition) is 0. The molecule has 100 valence electrons. The van der Waals surface area contributed by atoms with Crippen LogP contribution in [0, 0.1) is 6.92 Å². The van der Waals surface area contributed by atoms with Gasteiger partial charge in [-0.1, -0.05) is 5.16 Å². The second kappa shape index (κ2) is 4.90. The summed E-state index contributed by atoms with van der Waals surface area (Å²) in [7, 11) is 0. The van der Waals surface area contributed by atoms with Gasteiger partial charge in [-0.3, -0.25) is 4.79 Å². The number of aryl methyl sites for hydroxylation is 1. The summed E-state index contributed by atoms with van der Waals surface area (Å²) in [6.45, 7) is 6.66. The van der Waals surface area contributed by atoms with Crippen LogP contribution < -0.4 is 0 Å². The van der Waals surface area contributed by atoms with E-state index in [0.29, 0.717) is 30.3 Å². The zero-order chi connectivity index (χ0) is 13.3. The van der Waals surface area contributed by atoms with E-state index in [1.165, 1.54) is 6.20 Å². The molecule has 1 saturated heterocycles. The first-order valence-corrected chi connectivity index (χ1v) is 6.41. The van der Waals surface area contributed by atoms with Gasteiger partial charge in [0.25, 0.3) is 5.91 Å². The van der Waals surface area contributed by atoms with Crippen molar-refractivity contribution in [2.75, 3.05) is 19.0 Å². The highest BCUT2D eigenvalue weighted by atomic mass is 35.5. The molecule has 0 aromatic carbocycles. The Kier molecular flexibility index (Phi) is 3.64. The summed E-state index contributed by atoms with van der Waals surface area (Å²) >= 11 is 5.84. The maximum Gasteiger partial charge on any atom is 0.259 e. The fourth-order valence-electron chi connectivity index (χ4n) is 2.21. The quantitative estimate of drug-likeness (QED) is 0.771. The van der Waals surface area contributed by atoms with Gasteiger partial charge in [0, 0.05) is 13.1 Å². The van der Waals surface area contributed by atoms with Gasteiger partial charge < -0.3 is 14.2 Å².